The number of likely N-dealkylation sites (N-methyl/N-ethyl adjacent to an activating group) is 1. The van der Waals surface area contributed by atoms with Gasteiger partial charge < -0.3 is 15.5 Å². The zero-order valence-corrected chi connectivity index (χ0v) is 11.2. The fourth-order valence-electron chi connectivity index (χ4n) is 2.08. The van der Waals surface area contributed by atoms with Crippen molar-refractivity contribution in [3.63, 3.8) is 0 Å². The maximum Gasteiger partial charge on any atom is 0.230 e. The second-order valence-corrected chi connectivity index (χ2v) is 4.61. The molecule has 2 rings (SSSR count). The van der Waals surface area contributed by atoms with Crippen LogP contribution in [0.2, 0.25) is 0 Å². The van der Waals surface area contributed by atoms with E-state index in [4.69, 9.17) is 0 Å². The van der Waals surface area contributed by atoms with Crippen LogP contribution in [0.15, 0.2) is 6.33 Å². The van der Waals surface area contributed by atoms with Crippen LogP contribution in [0, 0.1) is 0 Å². The highest BCUT2D eigenvalue weighted by Gasteiger charge is 2.23. The lowest BCUT2D eigenvalue weighted by molar-refractivity contribution is 0.616. The first-order chi connectivity index (χ1) is 8.83. The van der Waals surface area contributed by atoms with Gasteiger partial charge in [0.25, 0.3) is 0 Å². The summed E-state index contributed by atoms with van der Waals surface area (Å²) >= 11 is 0. The molecule has 100 valence electrons. The zero-order valence-electron chi connectivity index (χ0n) is 11.2. The molecule has 1 aliphatic rings. The van der Waals surface area contributed by atoms with E-state index in [-0.39, 0.29) is 0 Å². The Morgan fingerprint density at radius 3 is 3.06 bits per heavy atom. The van der Waals surface area contributed by atoms with Gasteiger partial charge in [-0.1, -0.05) is 13.3 Å². The van der Waals surface area contributed by atoms with Gasteiger partial charge in [-0.05, 0) is 19.9 Å². The summed E-state index contributed by atoms with van der Waals surface area (Å²) in [7, 11) is 2.00. The van der Waals surface area contributed by atoms with E-state index in [0.29, 0.717) is 12.0 Å². The smallest absolute Gasteiger partial charge is 0.230 e. The number of unbranched alkanes of at least 4 members (excludes halogenated alkanes) is 1. The monoisotopic (exact) mass is 250 g/mol. The van der Waals surface area contributed by atoms with E-state index in [0.717, 1.165) is 38.4 Å². The SMILES string of the molecule is CCCCNc1ncnc(N2CC[C@H](NC)C2)n1. The molecule has 0 aliphatic carbocycles. The molecule has 1 aliphatic heterocycles. The molecule has 1 fully saturated rings. The number of rotatable bonds is 6. The van der Waals surface area contributed by atoms with E-state index in [2.05, 4.69) is 37.4 Å². The molecule has 2 N–H and O–H groups in total. The van der Waals surface area contributed by atoms with Crippen LogP contribution in [0.25, 0.3) is 0 Å². The molecule has 0 bridgehead atoms. The Labute approximate surface area is 108 Å². The second-order valence-electron chi connectivity index (χ2n) is 4.61. The summed E-state index contributed by atoms with van der Waals surface area (Å²) < 4.78 is 0. The molecule has 0 spiro atoms. The average molecular weight is 250 g/mol. The molecule has 18 heavy (non-hydrogen) atoms. The van der Waals surface area contributed by atoms with E-state index in [1.807, 2.05) is 7.05 Å². The lowest BCUT2D eigenvalue weighted by Crippen LogP contribution is -2.30. The summed E-state index contributed by atoms with van der Waals surface area (Å²) in [5.74, 6) is 1.46. The van der Waals surface area contributed by atoms with E-state index in [9.17, 15) is 0 Å². The van der Waals surface area contributed by atoms with Crippen LogP contribution in [0.4, 0.5) is 11.9 Å². The van der Waals surface area contributed by atoms with Crippen LogP contribution >= 0.6 is 0 Å². The van der Waals surface area contributed by atoms with Gasteiger partial charge in [0.1, 0.15) is 6.33 Å². The van der Waals surface area contributed by atoms with Crippen LogP contribution in [0.1, 0.15) is 26.2 Å². The number of nitrogens with zero attached hydrogens (tertiary/aromatic N) is 4. The largest absolute Gasteiger partial charge is 0.354 e. The number of hydrogen-bond donors (Lipinski definition) is 2. The Balaban J connectivity index is 1.94. The van der Waals surface area contributed by atoms with Gasteiger partial charge in [0.05, 0.1) is 0 Å². The van der Waals surface area contributed by atoms with Crippen molar-refractivity contribution in [2.75, 3.05) is 36.9 Å². The van der Waals surface area contributed by atoms with Crippen molar-refractivity contribution >= 4 is 11.9 Å². The normalized spacial score (nSPS) is 19.2. The van der Waals surface area contributed by atoms with E-state index in [1.165, 1.54) is 6.42 Å². The van der Waals surface area contributed by atoms with Crippen molar-refractivity contribution < 1.29 is 0 Å². The molecule has 0 saturated carbocycles. The lowest BCUT2D eigenvalue weighted by atomic mass is 10.3. The molecule has 0 aromatic carbocycles. The van der Waals surface area contributed by atoms with E-state index in [1.54, 1.807) is 6.33 Å². The molecule has 1 atom stereocenters. The highest BCUT2D eigenvalue weighted by atomic mass is 15.3. The molecule has 6 nitrogen and oxygen atoms in total. The summed E-state index contributed by atoms with van der Waals surface area (Å²) in [5, 5.41) is 6.52. The van der Waals surface area contributed by atoms with Crippen LogP contribution < -0.4 is 15.5 Å². The van der Waals surface area contributed by atoms with Gasteiger partial charge >= 0.3 is 0 Å². The fourth-order valence-corrected chi connectivity index (χ4v) is 2.08. The fraction of sp³-hybridized carbons (Fsp3) is 0.750. The molecule has 1 aromatic rings. The van der Waals surface area contributed by atoms with Gasteiger partial charge in [-0.2, -0.15) is 4.98 Å². The first-order valence-electron chi connectivity index (χ1n) is 6.68. The predicted octanol–water partition coefficient (Wildman–Crippen LogP) is 0.882. The third-order valence-corrected chi connectivity index (χ3v) is 3.25. The minimum atomic E-state index is 0.540. The Hall–Kier alpha value is -1.43. The first kappa shape index (κ1) is 13.0. The number of anilines is 2. The van der Waals surface area contributed by atoms with Crippen molar-refractivity contribution in [2.45, 2.75) is 32.2 Å². The minimum Gasteiger partial charge on any atom is -0.354 e. The number of hydrogen-bond acceptors (Lipinski definition) is 6. The van der Waals surface area contributed by atoms with Gasteiger partial charge in [0, 0.05) is 25.7 Å². The van der Waals surface area contributed by atoms with E-state index < -0.39 is 0 Å². The molecule has 1 aromatic heterocycles. The average Bonchev–Trinajstić information content (AvgIpc) is 2.88. The highest BCUT2D eigenvalue weighted by Crippen LogP contribution is 2.16. The lowest BCUT2D eigenvalue weighted by Gasteiger charge is -2.16. The maximum absolute atomic E-state index is 4.46. The van der Waals surface area contributed by atoms with Crippen molar-refractivity contribution in [1.29, 1.82) is 0 Å². The third-order valence-electron chi connectivity index (χ3n) is 3.25. The molecule has 6 heteroatoms. The summed E-state index contributed by atoms with van der Waals surface area (Å²) in [6.07, 6.45) is 5.03. The van der Waals surface area contributed by atoms with Crippen LogP contribution in [0.5, 0.6) is 0 Å². The zero-order chi connectivity index (χ0) is 12.8. The molecule has 0 unspecified atom stereocenters. The highest BCUT2D eigenvalue weighted by molar-refractivity contribution is 5.37. The number of aromatic nitrogens is 3. The molecular weight excluding hydrogens is 228 g/mol. The van der Waals surface area contributed by atoms with E-state index >= 15 is 0 Å². The minimum absolute atomic E-state index is 0.540. The van der Waals surface area contributed by atoms with Gasteiger partial charge in [-0.15, -0.1) is 0 Å². The Morgan fingerprint density at radius 1 is 1.44 bits per heavy atom. The second kappa shape index (κ2) is 6.49. The third kappa shape index (κ3) is 3.29. The summed E-state index contributed by atoms with van der Waals surface area (Å²) in [6, 6.07) is 0.540. The van der Waals surface area contributed by atoms with Gasteiger partial charge in [-0.25, -0.2) is 9.97 Å². The van der Waals surface area contributed by atoms with Gasteiger partial charge in [-0.3, -0.25) is 0 Å². The van der Waals surface area contributed by atoms with Crippen molar-refractivity contribution in [3.8, 4) is 0 Å². The summed E-state index contributed by atoms with van der Waals surface area (Å²) in [4.78, 5) is 15.1. The van der Waals surface area contributed by atoms with Crippen LogP contribution in [-0.2, 0) is 0 Å². The summed E-state index contributed by atoms with van der Waals surface area (Å²) in [6.45, 7) is 5.06. The van der Waals surface area contributed by atoms with Crippen molar-refractivity contribution in [1.82, 2.24) is 20.3 Å². The Morgan fingerprint density at radius 2 is 2.33 bits per heavy atom. The topological polar surface area (TPSA) is 66.0 Å². The Kier molecular flexibility index (Phi) is 4.69. The van der Waals surface area contributed by atoms with Gasteiger partial charge in [0.15, 0.2) is 0 Å². The molecule has 1 saturated heterocycles. The molecule has 0 amide bonds. The quantitative estimate of drug-likeness (QED) is 0.731. The molecule has 2 heterocycles. The van der Waals surface area contributed by atoms with Crippen molar-refractivity contribution in [3.05, 3.63) is 6.33 Å². The first-order valence-corrected chi connectivity index (χ1v) is 6.68. The standard InChI is InChI=1S/C12H22N6/c1-3-4-6-14-11-15-9-16-12(17-11)18-7-5-10(8-18)13-2/h9-10,13H,3-8H2,1-2H3,(H,14,15,16,17)/t10-/m0/s1. The maximum atomic E-state index is 4.46. The summed E-state index contributed by atoms with van der Waals surface area (Å²) in [5.41, 5.74) is 0. The van der Waals surface area contributed by atoms with Crippen LogP contribution in [0.3, 0.4) is 0 Å². The molecular formula is C12H22N6. The van der Waals surface area contributed by atoms with Crippen LogP contribution in [-0.4, -0.2) is 47.7 Å². The van der Waals surface area contributed by atoms with Crippen molar-refractivity contribution in [2.24, 2.45) is 0 Å². The molecule has 0 radical (unpaired) electrons. The Bertz CT molecular complexity index is 369. The van der Waals surface area contributed by atoms with Gasteiger partial charge in [0.2, 0.25) is 11.9 Å². The predicted molar refractivity (Wildman–Crippen MR) is 72.9 cm³/mol. The number of nitrogens with one attached hydrogen (secondary N) is 2.